The minimum atomic E-state index is 0.718. The van der Waals surface area contributed by atoms with E-state index < -0.39 is 0 Å². The molecule has 0 fully saturated rings. The summed E-state index contributed by atoms with van der Waals surface area (Å²) in [5.41, 5.74) is 1.28. The van der Waals surface area contributed by atoms with Crippen LogP contribution in [0.1, 0.15) is 44.8 Å². The van der Waals surface area contributed by atoms with E-state index in [1.165, 1.54) is 17.1 Å². The molecule has 1 nitrogen and oxygen atoms in total. The van der Waals surface area contributed by atoms with Crippen molar-refractivity contribution in [3.05, 3.63) is 16.1 Å². The highest BCUT2D eigenvalue weighted by molar-refractivity contribution is 7.09. The van der Waals surface area contributed by atoms with Crippen molar-refractivity contribution in [2.24, 2.45) is 11.8 Å². The van der Waals surface area contributed by atoms with Gasteiger partial charge in [-0.15, -0.1) is 11.3 Å². The first kappa shape index (κ1) is 11.7. The third-order valence-electron chi connectivity index (χ3n) is 2.15. The molecule has 0 N–H and O–H groups in total. The van der Waals surface area contributed by atoms with Crippen molar-refractivity contribution in [2.45, 2.75) is 47.0 Å². The molecule has 0 saturated heterocycles. The highest BCUT2D eigenvalue weighted by Gasteiger charge is 2.04. The molecule has 80 valence electrons. The minimum Gasteiger partial charge on any atom is -0.246 e. The lowest BCUT2D eigenvalue weighted by atomic mass is 10.1. The van der Waals surface area contributed by atoms with Gasteiger partial charge in [-0.1, -0.05) is 27.7 Å². The van der Waals surface area contributed by atoms with E-state index in [4.69, 9.17) is 0 Å². The van der Waals surface area contributed by atoms with E-state index in [1.54, 1.807) is 0 Å². The van der Waals surface area contributed by atoms with Crippen molar-refractivity contribution in [1.29, 1.82) is 0 Å². The van der Waals surface area contributed by atoms with E-state index in [0.29, 0.717) is 0 Å². The molecule has 0 saturated carbocycles. The van der Waals surface area contributed by atoms with Gasteiger partial charge in [0.2, 0.25) is 0 Å². The van der Waals surface area contributed by atoms with E-state index in [2.05, 4.69) is 38.1 Å². The lowest BCUT2D eigenvalue weighted by molar-refractivity contribution is 0.583. The quantitative estimate of drug-likeness (QED) is 0.719. The van der Waals surface area contributed by atoms with E-state index >= 15 is 0 Å². The van der Waals surface area contributed by atoms with Crippen molar-refractivity contribution in [2.75, 3.05) is 0 Å². The molecule has 0 spiro atoms. The Balaban J connectivity index is 2.42. The van der Waals surface area contributed by atoms with Gasteiger partial charge in [0, 0.05) is 5.38 Å². The Bertz CT molecular complexity index is 263. The molecule has 0 aliphatic rings. The molecule has 2 heteroatoms. The second-order valence-electron chi connectivity index (χ2n) is 4.76. The van der Waals surface area contributed by atoms with Crippen LogP contribution in [0, 0.1) is 11.8 Å². The standard InChI is InChI=1S/C12H21NS/c1-9(2)5-6-12-13-11(8-14-12)7-10(3)4/h8-10H,5-7H2,1-4H3. The molecule has 1 heterocycles. The molecule has 0 atom stereocenters. The summed E-state index contributed by atoms with van der Waals surface area (Å²) in [6.07, 6.45) is 3.53. The van der Waals surface area contributed by atoms with Gasteiger partial charge in [-0.05, 0) is 31.1 Å². The summed E-state index contributed by atoms with van der Waals surface area (Å²) in [5.74, 6) is 1.50. The number of nitrogens with zero attached hydrogens (tertiary/aromatic N) is 1. The predicted octanol–water partition coefficient (Wildman–Crippen LogP) is 3.93. The maximum atomic E-state index is 4.64. The molecule has 1 aromatic rings. The molecule has 0 bridgehead atoms. The van der Waals surface area contributed by atoms with Crippen LogP contribution in [0.2, 0.25) is 0 Å². The topological polar surface area (TPSA) is 12.9 Å². The van der Waals surface area contributed by atoms with Gasteiger partial charge < -0.3 is 0 Å². The Morgan fingerprint density at radius 2 is 1.93 bits per heavy atom. The third kappa shape index (κ3) is 4.23. The Hall–Kier alpha value is -0.370. The minimum absolute atomic E-state index is 0.718. The Labute approximate surface area is 91.6 Å². The molecule has 0 aliphatic carbocycles. The van der Waals surface area contributed by atoms with Gasteiger partial charge in [0.05, 0.1) is 10.7 Å². The largest absolute Gasteiger partial charge is 0.246 e. The molecule has 0 aromatic carbocycles. The zero-order chi connectivity index (χ0) is 10.6. The molecule has 0 aliphatic heterocycles. The van der Waals surface area contributed by atoms with Gasteiger partial charge in [-0.2, -0.15) is 0 Å². The molecule has 0 radical (unpaired) electrons. The average molecular weight is 211 g/mol. The summed E-state index contributed by atoms with van der Waals surface area (Å²) < 4.78 is 0. The van der Waals surface area contributed by atoms with Crippen molar-refractivity contribution < 1.29 is 0 Å². The fraction of sp³-hybridized carbons (Fsp3) is 0.750. The Kier molecular flexibility index (Phi) is 4.59. The first-order valence-electron chi connectivity index (χ1n) is 5.51. The van der Waals surface area contributed by atoms with Crippen LogP contribution in [-0.4, -0.2) is 4.98 Å². The smallest absolute Gasteiger partial charge is 0.0928 e. The van der Waals surface area contributed by atoms with Gasteiger partial charge in [-0.25, -0.2) is 4.98 Å². The van der Waals surface area contributed by atoms with Crippen LogP contribution in [0.15, 0.2) is 5.38 Å². The third-order valence-corrected chi connectivity index (χ3v) is 3.11. The lowest BCUT2D eigenvalue weighted by Gasteiger charge is -2.01. The van der Waals surface area contributed by atoms with E-state index in [1.807, 2.05) is 11.3 Å². The molecule has 1 rings (SSSR count). The van der Waals surface area contributed by atoms with Crippen LogP contribution >= 0.6 is 11.3 Å². The predicted molar refractivity (Wildman–Crippen MR) is 63.8 cm³/mol. The SMILES string of the molecule is CC(C)CCc1nc(CC(C)C)cs1. The molecule has 14 heavy (non-hydrogen) atoms. The summed E-state index contributed by atoms with van der Waals surface area (Å²) >= 11 is 1.82. The van der Waals surface area contributed by atoms with Crippen LogP contribution in [-0.2, 0) is 12.8 Å². The van der Waals surface area contributed by atoms with Gasteiger partial charge in [-0.3, -0.25) is 0 Å². The number of aryl methyl sites for hydroxylation is 1. The first-order chi connectivity index (χ1) is 6.58. The average Bonchev–Trinajstić information content (AvgIpc) is 2.47. The van der Waals surface area contributed by atoms with E-state index in [0.717, 1.165) is 24.7 Å². The van der Waals surface area contributed by atoms with Gasteiger partial charge in [0.25, 0.3) is 0 Å². The van der Waals surface area contributed by atoms with Crippen LogP contribution < -0.4 is 0 Å². The number of thiazole rings is 1. The lowest BCUT2D eigenvalue weighted by Crippen LogP contribution is -1.96. The number of rotatable bonds is 5. The molecule has 0 amide bonds. The zero-order valence-corrected chi connectivity index (χ0v) is 10.5. The number of aromatic nitrogens is 1. The van der Waals surface area contributed by atoms with Crippen LogP contribution in [0.4, 0.5) is 0 Å². The van der Waals surface area contributed by atoms with Crippen LogP contribution in [0.25, 0.3) is 0 Å². The van der Waals surface area contributed by atoms with Crippen LogP contribution in [0.3, 0.4) is 0 Å². The summed E-state index contributed by atoms with van der Waals surface area (Å²) in [4.78, 5) is 4.64. The molecular weight excluding hydrogens is 190 g/mol. The van der Waals surface area contributed by atoms with Gasteiger partial charge in [0.15, 0.2) is 0 Å². The molecule has 0 unspecified atom stereocenters. The van der Waals surface area contributed by atoms with E-state index in [9.17, 15) is 0 Å². The van der Waals surface area contributed by atoms with Crippen molar-refractivity contribution in [1.82, 2.24) is 4.98 Å². The molecular formula is C12H21NS. The Morgan fingerprint density at radius 3 is 2.50 bits per heavy atom. The summed E-state index contributed by atoms with van der Waals surface area (Å²) in [6.45, 7) is 9.02. The summed E-state index contributed by atoms with van der Waals surface area (Å²) in [5, 5.41) is 3.53. The normalized spacial score (nSPS) is 11.6. The highest BCUT2D eigenvalue weighted by atomic mass is 32.1. The van der Waals surface area contributed by atoms with Crippen molar-refractivity contribution >= 4 is 11.3 Å². The highest BCUT2D eigenvalue weighted by Crippen LogP contribution is 2.16. The maximum Gasteiger partial charge on any atom is 0.0928 e. The van der Waals surface area contributed by atoms with Gasteiger partial charge in [0.1, 0.15) is 0 Å². The number of hydrogen-bond donors (Lipinski definition) is 0. The summed E-state index contributed by atoms with van der Waals surface area (Å²) in [6, 6.07) is 0. The van der Waals surface area contributed by atoms with Gasteiger partial charge >= 0.3 is 0 Å². The van der Waals surface area contributed by atoms with Crippen LogP contribution in [0.5, 0.6) is 0 Å². The number of hydrogen-bond acceptors (Lipinski definition) is 2. The Morgan fingerprint density at radius 1 is 1.21 bits per heavy atom. The second kappa shape index (κ2) is 5.50. The van der Waals surface area contributed by atoms with Crippen molar-refractivity contribution in [3.63, 3.8) is 0 Å². The van der Waals surface area contributed by atoms with E-state index in [-0.39, 0.29) is 0 Å². The first-order valence-corrected chi connectivity index (χ1v) is 6.39. The zero-order valence-electron chi connectivity index (χ0n) is 9.71. The summed E-state index contributed by atoms with van der Waals surface area (Å²) in [7, 11) is 0. The monoisotopic (exact) mass is 211 g/mol. The fourth-order valence-corrected chi connectivity index (χ4v) is 2.21. The molecule has 1 aromatic heterocycles. The second-order valence-corrected chi connectivity index (χ2v) is 5.71. The maximum absolute atomic E-state index is 4.64. The fourth-order valence-electron chi connectivity index (χ4n) is 1.39. The van der Waals surface area contributed by atoms with Crippen molar-refractivity contribution in [3.8, 4) is 0 Å².